The molecule has 3 aromatic rings. The molecular weight excluding hydrogens is 416 g/mol. The van der Waals surface area contributed by atoms with Crippen LogP contribution in [0.1, 0.15) is 53.5 Å². The van der Waals surface area contributed by atoms with Crippen LogP contribution >= 0.6 is 0 Å². The SMILES string of the molecule is O=C(O)COc1cccc2c1CCCC2CCONC(Cc1ccccc1)c1cccnc1. The summed E-state index contributed by atoms with van der Waals surface area (Å²) in [6, 6.07) is 20.3. The van der Waals surface area contributed by atoms with Gasteiger partial charge in [-0.1, -0.05) is 48.5 Å². The zero-order valence-corrected chi connectivity index (χ0v) is 18.7. The molecule has 0 fully saturated rings. The molecule has 6 heteroatoms. The number of rotatable bonds is 11. The fourth-order valence-corrected chi connectivity index (χ4v) is 4.51. The lowest BCUT2D eigenvalue weighted by atomic mass is 9.81. The van der Waals surface area contributed by atoms with Crippen molar-refractivity contribution in [2.24, 2.45) is 0 Å². The number of benzene rings is 2. The van der Waals surface area contributed by atoms with Gasteiger partial charge in [-0.2, -0.15) is 5.48 Å². The number of hydrogen-bond donors (Lipinski definition) is 2. The minimum Gasteiger partial charge on any atom is -0.482 e. The normalized spacial score (nSPS) is 16.1. The predicted octanol–water partition coefficient (Wildman–Crippen LogP) is 4.86. The Kier molecular flexibility index (Phi) is 8.06. The first-order chi connectivity index (χ1) is 16.2. The Balaban J connectivity index is 1.36. The largest absolute Gasteiger partial charge is 0.482 e. The van der Waals surface area contributed by atoms with Crippen LogP contribution in [0.2, 0.25) is 0 Å². The molecule has 4 rings (SSSR count). The molecule has 0 saturated heterocycles. The Hall–Kier alpha value is -3.22. The van der Waals surface area contributed by atoms with Crippen LogP contribution in [0.25, 0.3) is 0 Å². The molecule has 0 saturated carbocycles. The van der Waals surface area contributed by atoms with Crippen LogP contribution < -0.4 is 10.2 Å². The Labute approximate surface area is 194 Å². The summed E-state index contributed by atoms with van der Waals surface area (Å²) >= 11 is 0. The molecule has 6 nitrogen and oxygen atoms in total. The summed E-state index contributed by atoms with van der Waals surface area (Å²) in [5, 5.41) is 8.94. The lowest BCUT2D eigenvalue weighted by Crippen LogP contribution is -2.25. The van der Waals surface area contributed by atoms with Gasteiger partial charge in [0.1, 0.15) is 5.75 Å². The van der Waals surface area contributed by atoms with Gasteiger partial charge in [0.05, 0.1) is 12.6 Å². The molecule has 0 bridgehead atoms. The van der Waals surface area contributed by atoms with Gasteiger partial charge in [0.15, 0.2) is 6.61 Å². The third-order valence-corrected chi connectivity index (χ3v) is 6.10. The molecule has 0 radical (unpaired) electrons. The minimum atomic E-state index is -0.960. The molecule has 172 valence electrons. The van der Waals surface area contributed by atoms with E-state index >= 15 is 0 Å². The van der Waals surface area contributed by atoms with Crippen molar-refractivity contribution in [2.45, 2.75) is 44.1 Å². The van der Waals surface area contributed by atoms with Crippen molar-refractivity contribution in [3.63, 3.8) is 0 Å². The number of aliphatic carboxylic acids is 1. The zero-order valence-electron chi connectivity index (χ0n) is 18.7. The van der Waals surface area contributed by atoms with Crippen LogP contribution in [0.5, 0.6) is 5.75 Å². The van der Waals surface area contributed by atoms with Crippen molar-refractivity contribution in [2.75, 3.05) is 13.2 Å². The average Bonchev–Trinajstić information content (AvgIpc) is 2.85. The van der Waals surface area contributed by atoms with Gasteiger partial charge >= 0.3 is 5.97 Å². The van der Waals surface area contributed by atoms with Crippen molar-refractivity contribution in [1.82, 2.24) is 10.5 Å². The number of hydroxylamine groups is 1. The van der Waals surface area contributed by atoms with Crippen LogP contribution in [-0.4, -0.2) is 29.3 Å². The number of pyridine rings is 1. The van der Waals surface area contributed by atoms with E-state index in [2.05, 4.69) is 34.7 Å². The van der Waals surface area contributed by atoms with E-state index in [9.17, 15) is 4.79 Å². The second kappa shape index (κ2) is 11.6. The summed E-state index contributed by atoms with van der Waals surface area (Å²) in [4.78, 5) is 21.1. The standard InChI is InChI=1S/C27H30N2O4/c30-27(31)19-32-26-13-5-11-23-21(9-4-12-24(23)26)14-16-33-29-25(22-10-6-15-28-18-22)17-20-7-2-1-3-8-20/h1-3,5-8,10-11,13,15,18,21,25,29H,4,9,12,14,16-17,19H2,(H,30,31). The maximum Gasteiger partial charge on any atom is 0.341 e. The first kappa shape index (κ1) is 23.0. The quantitative estimate of drug-likeness (QED) is 0.323. The summed E-state index contributed by atoms with van der Waals surface area (Å²) in [6.07, 6.45) is 8.41. The monoisotopic (exact) mass is 446 g/mol. The predicted molar refractivity (Wildman–Crippen MR) is 126 cm³/mol. The van der Waals surface area contributed by atoms with Crippen LogP contribution in [0.4, 0.5) is 0 Å². The highest BCUT2D eigenvalue weighted by Crippen LogP contribution is 2.38. The summed E-state index contributed by atoms with van der Waals surface area (Å²) in [5.41, 5.74) is 7.97. The van der Waals surface area contributed by atoms with Gasteiger partial charge in [0, 0.05) is 12.4 Å². The number of carboxylic acids is 1. The Morgan fingerprint density at radius 1 is 1.12 bits per heavy atom. The molecule has 1 aromatic heterocycles. The number of ether oxygens (including phenoxy) is 1. The Bertz CT molecular complexity index is 1030. The molecule has 0 aliphatic heterocycles. The van der Waals surface area contributed by atoms with Crippen molar-refractivity contribution in [3.05, 3.63) is 95.3 Å². The van der Waals surface area contributed by atoms with E-state index in [1.54, 1.807) is 6.20 Å². The number of nitrogens with one attached hydrogen (secondary N) is 1. The van der Waals surface area contributed by atoms with E-state index in [-0.39, 0.29) is 12.6 Å². The van der Waals surface area contributed by atoms with E-state index < -0.39 is 5.97 Å². The van der Waals surface area contributed by atoms with E-state index in [4.69, 9.17) is 14.7 Å². The van der Waals surface area contributed by atoms with Crippen LogP contribution in [0.3, 0.4) is 0 Å². The van der Waals surface area contributed by atoms with Crippen molar-refractivity contribution < 1.29 is 19.5 Å². The van der Waals surface area contributed by atoms with Crippen LogP contribution in [-0.2, 0) is 22.5 Å². The molecule has 1 aliphatic rings. The first-order valence-corrected chi connectivity index (χ1v) is 11.5. The molecule has 1 aliphatic carbocycles. The first-order valence-electron chi connectivity index (χ1n) is 11.5. The second-order valence-corrected chi connectivity index (χ2v) is 8.38. The van der Waals surface area contributed by atoms with E-state index in [1.807, 2.05) is 42.6 Å². The minimum absolute atomic E-state index is 0.00997. The number of nitrogens with zero attached hydrogens (tertiary/aromatic N) is 1. The lowest BCUT2D eigenvalue weighted by molar-refractivity contribution is -0.139. The third kappa shape index (κ3) is 6.40. The van der Waals surface area contributed by atoms with Gasteiger partial charge in [-0.05, 0) is 72.4 Å². The molecule has 1 heterocycles. The maximum atomic E-state index is 10.9. The van der Waals surface area contributed by atoms with Gasteiger partial charge in [-0.25, -0.2) is 4.79 Å². The molecule has 0 amide bonds. The number of carbonyl (C=O) groups is 1. The average molecular weight is 447 g/mol. The van der Waals surface area contributed by atoms with E-state index in [1.165, 1.54) is 11.1 Å². The molecule has 0 spiro atoms. The van der Waals surface area contributed by atoms with Crippen molar-refractivity contribution >= 4 is 5.97 Å². The summed E-state index contributed by atoms with van der Waals surface area (Å²) in [7, 11) is 0. The molecule has 2 unspecified atom stereocenters. The number of aromatic nitrogens is 1. The van der Waals surface area contributed by atoms with Crippen molar-refractivity contribution in [3.8, 4) is 5.75 Å². The summed E-state index contributed by atoms with van der Waals surface area (Å²) in [5.74, 6) is 0.103. The number of fused-ring (bicyclic) bond motifs is 1. The molecular formula is C27H30N2O4. The van der Waals surface area contributed by atoms with Crippen LogP contribution in [0, 0.1) is 0 Å². The summed E-state index contributed by atoms with van der Waals surface area (Å²) in [6.45, 7) is 0.265. The fourth-order valence-electron chi connectivity index (χ4n) is 4.51. The zero-order chi connectivity index (χ0) is 22.9. The van der Waals surface area contributed by atoms with Crippen molar-refractivity contribution in [1.29, 1.82) is 0 Å². The van der Waals surface area contributed by atoms with E-state index in [0.717, 1.165) is 43.2 Å². The lowest BCUT2D eigenvalue weighted by Gasteiger charge is -2.27. The van der Waals surface area contributed by atoms with Gasteiger partial charge in [-0.3, -0.25) is 4.98 Å². The number of carboxylic acid groups (broad SMARTS) is 1. The van der Waals surface area contributed by atoms with Gasteiger partial charge in [0.25, 0.3) is 0 Å². The van der Waals surface area contributed by atoms with E-state index in [0.29, 0.717) is 18.3 Å². The highest BCUT2D eigenvalue weighted by Gasteiger charge is 2.23. The summed E-state index contributed by atoms with van der Waals surface area (Å²) < 4.78 is 5.53. The Morgan fingerprint density at radius 2 is 2.00 bits per heavy atom. The highest BCUT2D eigenvalue weighted by molar-refractivity contribution is 5.68. The molecule has 33 heavy (non-hydrogen) atoms. The van der Waals surface area contributed by atoms with Gasteiger partial charge < -0.3 is 14.7 Å². The highest BCUT2D eigenvalue weighted by atomic mass is 16.6. The van der Waals surface area contributed by atoms with Gasteiger partial charge in [-0.15, -0.1) is 0 Å². The number of hydrogen-bond acceptors (Lipinski definition) is 5. The fraction of sp³-hybridized carbons (Fsp3) is 0.333. The molecule has 2 atom stereocenters. The molecule has 2 N–H and O–H groups in total. The smallest absolute Gasteiger partial charge is 0.341 e. The Morgan fingerprint density at radius 3 is 2.79 bits per heavy atom. The molecule has 2 aromatic carbocycles. The van der Waals surface area contributed by atoms with Crippen LogP contribution in [0.15, 0.2) is 73.1 Å². The third-order valence-electron chi connectivity index (χ3n) is 6.10. The maximum absolute atomic E-state index is 10.9. The topological polar surface area (TPSA) is 80.7 Å². The van der Waals surface area contributed by atoms with Gasteiger partial charge in [0.2, 0.25) is 0 Å². The second-order valence-electron chi connectivity index (χ2n) is 8.38.